The van der Waals surface area contributed by atoms with Gasteiger partial charge in [-0.3, -0.25) is 10.1 Å². The number of methoxy groups -OCH3 is 2. The van der Waals surface area contributed by atoms with Gasteiger partial charge in [0.05, 0.1) is 27.4 Å². The minimum atomic E-state index is -1.09. The Hall–Kier alpha value is -3.97. The summed E-state index contributed by atoms with van der Waals surface area (Å²) in [5, 5.41) is 13.8. The zero-order valence-electron chi connectivity index (χ0n) is 23.8. The molecule has 1 atom stereocenters. The minimum absolute atomic E-state index is 0.126. The first-order chi connectivity index (χ1) is 20.2. The lowest BCUT2D eigenvalue weighted by Crippen LogP contribution is -2.47. The van der Waals surface area contributed by atoms with Gasteiger partial charge in [0.2, 0.25) is 0 Å². The van der Waals surface area contributed by atoms with Crippen molar-refractivity contribution in [1.29, 1.82) is 0 Å². The van der Waals surface area contributed by atoms with Crippen LogP contribution in [0.15, 0.2) is 41.6 Å². The molecule has 2 amide bonds. The molecule has 3 N–H and O–H groups in total. The number of carboxylic acid groups (broad SMARTS) is 1. The third kappa shape index (κ3) is 9.55. The van der Waals surface area contributed by atoms with Crippen LogP contribution in [0.25, 0.3) is 0 Å². The molecule has 0 bridgehead atoms. The molecular formula is C29H38N2O11. The van der Waals surface area contributed by atoms with Gasteiger partial charge in [-0.15, -0.1) is 0 Å². The summed E-state index contributed by atoms with van der Waals surface area (Å²) in [5.74, 6) is -2.27. The highest BCUT2D eigenvalue weighted by atomic mass is 16.7. The Kier molecular flexibility index (Phi) is 12.3. The highest BCUT2D eigenvalue weighted by Gasteiger charge is 2.40. The number of rotatable bonds is 7. The van der Waals surface area contributed by atoms with Crippen LogP contribution in [0.3, 0.4) is 0 Å². The van der Waals surface area contributed by atoms with Crippen LogP contribution in [0.2, 0.25) is 0 Å². The fourth-order valence-corrected chi connectivity index (χ4v) is 5.08. The molecule has 1 saturated heterocycles. The molecule has 3 fully saturated rings. The van der Waals surface area contributed by atoms with E-state index in [1.807, 2.05) is 30.3 Å². The minimum Gasteiger partial charge on any atom is -0.480 e. The normalized spacial score (nSPS) is 18.6. The van der Waals surface area contributed by atoms with Crippen LogP contribution >= 0.6 is 0 Å². The van der Waals surface area contributed by atoms with Gasteiger partial charge in [0.15, 0.2) is 5.79 Å². The second-order valence-corrected chi connectivity index (χ2v) is 10.1. The zero-order chi connectivity index (χ0) is 30.5. The van der Waals surface area contributed by atoms with E-state index in [0.717, 1.165) is 11.1 Å². The number of hydrogen-bond acceptors (Lipinski definition) is 10. The number of allylic oxidation sites excluding steroid dienone is 1. The third-order valence-electron chi connectivity index (χ3n) is 7.40. The highest BCUT2D eigenvalue weighted by Crippen LogP contribution is 2.38. The Balaban J connectivity index is 0.000000260. The second-order valence-electron chi connectivity index (χ2n) is 10.1. The van der Waals surface area contributed by atoms with E-state index in [1.165, 1.54) is 14.2 Å². The SMILES string of the molecule is COC(=O)C(NC(=O)OCc1ccccc1)=C1CCC2(CC1)OCCO2.COC(=O)N[C@H](C(=O)O)C1CCC(=O)CC1. The summed E-state index contributed by atoms with van der Waals surface area (Å²) in [4.78, 5) is 57.2. The molecule has 42 heavy (non-hydrogen) atoms. The van der Waals surface area contributed by atoms with Crippen LogP contribution in [0, 0.1) is 5.92 Å². The smallest absolute Gasteiger partial charge is 0.412 e. The number of ketones is 1. The number of carbonyl (C=O) groups is 5. The lowest BCUT2D eigenvalue weighted by atomic mass is 9.83. The van der Waals surface area contributed by atoms with Gasteiger partial charge >= 0.3 is 24.1 Å². The molecule has 1 aromatic rings. The Morgan fingerprint density at radius 3 is 2.12 bits per heavy atom. The molecule has 230 valence electrons. The number of aliphatic carboxylic acids is 1. The molecule has 3 aliphatic rings. The average Bonchev–Trinajstić information content (AvgIpc) is 3.46. The molecule has 2 aliphatic carbocycles. The first kappa shape index (κ1) is 32.5. The topological polar surface area (TPSA) is 176 Å². The number of nitrogens with one attached hydrogen (secondary N) is 2. The fraction of sp³-hybridized carbons (Fsp3) is 0.552. The van der Waals surface area contributed by atoms with Crippen LogP contribution in [-0.4, -0.2) is 74.3 Å². The van der Waals surface area contributed by atoms with Gasteiger partial charge in [-0.25, -0.2) is 19.2 Å². The first-order valence-corrected chi connectivity index (χ1v) is 13.8. The van der Waals surface area contributed by atoms with E-state index in [4.69, 9.17) is 24.1 Å². The molecule has 4 rings (SSSR count). The van der Waals surface area contributed by atoms with E-state index in [0.29, 0.717) is 64.6 Å². The standard InChI is InChI=1S/C19H23NO6.C10H15NO5/c1-23-17(21)16(15-7-9-19(10-8-15)25-11-12-26-19)20-18(22)24-13-14-5-3-2-4-6-14;1-16-10(15)11-8(9(13)14)6-2-4-7(12)5-3-6/h2-6H,7-13H2,1H3,(H,20,22);6,8H,2-5H2,1H3,(H,11,15)(H,13,14)/t;8-/m.0/s1. The van der Waals surface area contributed by atoms with E-state index < -0.39 is 36.0 Å². The quantitative estimate of drug-likeness (QED) is 0.241. The Morgan fingerprint density at radius 1 is 0.952 bits per heavy atom. The van der Waals surface area contributed by atoms with Crippen LogP contribution in [0.5, 0.6) is 0 Å². The van der Waals surface area contributed by atoms with Gasteiger partial charge in [0.25, 0.3) is 0 Å². The summed E-state index contributed by atoms with van der Waals surface area (Å²) in [7, 11) is 2.46. The van der Waals surface area contributed by atoms with Crippen molar-refractivity contribution in [3.8, 4) is 0 Å². The molecule has 1 spiro atoms. The maximum absolute atomic E-state index is 12.1. The summed E-state index contributed by atoms with van der Waals surface area (Å²) in [6.07, 6.45) is 2.79. The number of ether oxygens (including phenoxy) is 5. The van der Waals surface area contributed by atoms with E-state index in [-0.39, 0.29) is 24.0 Å². The van der Waals surface area contributed by atoms with Gasteiger partial charge in [-0.2, -0.15) is 0 Å². The van der Waals surface area contributed by atoms with Crippen molar-refractivity contribution in [2.24, 2.45) is 5.92 Å². The maximum Gasteiger partial charge on any atom is 0.412 e. The maximum atomic E-state index is 12.1. The van der Waals surface area contributed by atoms with Gasteiger partial charge in [-0.1, -0.05) is 30.3 Å². The predicted octanol–water partition coefficient (Wildman–Crippen LogP) is 3.21. The lowest BCUT2D eigenvalue weighted by molar-refractivity contribution is -0.171. The Labute approximate surface area is 243 Å². The molecular weight excluding hydrogens is 552 g/mol. The van der Waals surface area contributed by atoms with Gasteiger partial charge in [0.1, 0.15) is 24.1 Å². The number of Topliss-reactive ketones (excluding diaryl/α,β-unsaturated/α-hetero) is 1. The van der Waals surface area contributed by atoms with Crippen molar-refractivity contribution in [2.75, 3.05) is 27.4 Å². The monoisotopic (exact) mass is 590 g/mol. The third-order valence-corrected chi connectivity index (χ3v) is 7.40. The number of amides is 2. The summed E-state index contributed by atoms with van der Waals surface area (Å²) in [6, 6.07) is 8.36. The van der Waals surface area contributed by atoms with Gasteiger partial charge in [-0.05, 0) is 42.7 Å². The summed E-state index contributed by atoms with van der Waals surface area (Å²) < 4.78 is 25.8. The van der Waals surface area contributed by atoms with E-state index in [9.17, 15) is 24.0 Å². The zero-order valence-corrected chi connectivity index (χ0v) is 23.8. The molecule has 1 heterocycles. The molecule has 13 nitrogen and oxygen atoms in total. The van der Waals surface area contributed by atoms with Gasteiger partial charge < -0.3 is 34.1 Å². The van der Waals surface area contributed by atoms with Crippen LogP contribution < -0.4 is 10.6 Å². The number of carbonyl (C=O) groups excluding carboxylic acids is 4. The summed E-state index contributed by atoms with van der Waals surface area (Å²) >= 11 is 0. The number of benzene rings is 1. The predicted molar refractivity (Wildman–Crippen MR) is 146 cm³/mol. The van der Waals surface area contributed by atoms with Crippen LogP contribution in [0.4, 0.5) is 9.59 Å². The molecule has 1 aliphatic heterocycles. The van der Waals surface area contributed by atoms with Crippen LogP contribution in [-0.2, 0) is 44.7 Å². The average molecular weight is 591 g/mol. The Morgan fingerprint density at radius 2 is 1.57 bits per heavy atom. The van der Waals surface area contributed by atoms with Crippen LogP contribution in [0.1, 0.15) is 56.9 Å². The molecule has 0 unspecified atom stereocenters. The van der Waals surface area contributed by atoms with E-state index in [2.05, 4.69) is 15.4 Å². The summed E-state index contributed by atoms with van der Waals surface area (Å²) in [5.41, 5.74) is 1.83. The first-order valence-electron chi connectivity index (χ1n) is 13.8. The molecule has 13 heteroatoms. The highest BCUT2D eigenvalue weighted by molar-refractivity contribution is 5.93. The molecule has 0 radical (unpaired) electrons. The van der Waals surface area contributed by atoms with Crippen molar-refractivity contribution in [3.63, 3.8) is 0 Å². The number of alkyl carbamates (subject to hydrolysis) is 2. The number of carboxylic acids is 1. The van der Waals surface area contributed by atoms with Crippen molar-refractivity contribution >= 4 is 29.9 Å². The van der Waals surface area contributed by atoms with Crippen molar-refractivity contribution in [1.82, 2.24) is 10.6 Å². The largest absolute Gasteiger partial charge is 0.480 e. The second kappa shape index (κ2) is 15.9. The lowest BCUT2D eigenvalue weighted by Gasteiger charge is -2.33. The molecule has 0 aromatic heterocycles. The summed E-state index contributed by atoms with van der Waals surface area (Å²) in [6.45, 7) is 1.31. The number of hydrogen-bond donors (Lipinski definition) is 3. The van der Waals surface area contributed by atoms with E-state index >= 15 is 0 Å². The molecule has 2 saturated carbocycles. The van der Waals surface area contributed by atoms with Gasteiger partial charge in [0, 0.05) is 25.7 Å². The van der Waals surface area contributed by atoms with Crippen molar-refractivity contribution in [2.45, 2.75) is 69.8 Å². The number of esters is 1. The van der Waals surface area contributed by atoms with E-state index in [1.54, 1.807) is 0 Å². The van der Waals surface area contributed by atoms with Crippen molar-refractivity contribution < 1.29 is 52.8 Å². The Bertz CT molecular complexity index is 1120. The van der Waals surface area contributed by atoms with Crippen molar-refractivity contribution in [3.05, 3.63) is 47.2 Å². The molecule has 1 aromatic carbocycles. The fourth-order valence-electron chi connectivity index (χ4n) is 5.08.